The van der Waals surface area contributed by atoms with Gasteiger partial charge in [0.2, 0.25) is 6.29 Å². The summed E-state index contributed by atoms with van der Waals surface area (Å²) in [5.41, 5.74) is 4.64. The molecule has 0 fully saturated rings. The first kappa shape index (κ1) is 31.5. The first-order chi connectivity index (χ1) is 23.2. The highest BCUT2D eigenvalue weighted by molar-refractivity contribution is 6.02. The number of nitrogens with zero attached hydrogens (tertiary/aromatic N) is 5. The molecule has 0 saturated carbocycles. The number of fused-ring (bicyclic) bond motifs is 1. The molecule has 1 unspecified atom stereocenters. The van der Waals surface area contributed by atoms with E-state index in [0.717, 1.165) is 16.7 Å². The lowest BCUT2D eigenvalue weighted by atomic mass is 9.98. The molecular weight excluding hydrogens is 628 g/mol. The van der Waals surface area contributed by atoms with Gasteiger partial charge < -0.3 is 24.2 Å². The number of carbonyl (C=O) groups is 2. The molecule has 6 rings (SSSR count). The summed E-state index contributed by atoms with van der Waals surface area (Å²) in [6.07, 6.45) is -2.46. The van der Waals surface area contributed by atoms with E-state index in [-0.39, 0.29) is 35.0 Å². The molecular formula is C32H28N6O10. The number of nitrogens with one attached hydrogen (secondary N) is 1. The van der Waals surface area contributed by atoms with E-state index in [9.17, 15) is 19.6 Å². The van der Waals surface area contributed by atoms with Gasteiger partial charge in [-0.25, -0.2) is 14.4 Å². The fraction of sp³-hybridized carbons (Fsp3) is 0.219. The Balaban J connectivity index is 1.21. The number of hydrogen-bond acceptors (Lipinski definition) is 13. The summed E-state index contributed by atoms with van der Waals surface area (Å²) in [4.78, 5) is 44.5. The topological polar surface area (TPSA) is 201 Å². The summed E-state index contributed by atoms with van der Waals surface area (Å²) < 4.78 is 32.1. The Morgan fingerprint density at radius 2 is 1.79 bits per heavy atom. The van der Waals surface area contributed by atoms with Crippen molar-refractivity contribution in [3.63, 3.8) is 0 Å². The molecule has 48 heavy (non-hydrogen) atoms. The third-order valence-corrected chi connectivity index (χ3v) is 7.23. The van der Waals surface area contributed by atoms with Crippen molar-refractivity contribution in [1.29, 1.82) is 0 Å². The first-order valence-electron chi connectivity index (χ1n) is 14.7. The Morgan fingerprint density at radius 3 is 2.48 bits per heavy atom. The average Bonchev–Trinajstić information content (AvgIpc) is 3.77. The number of carbonyl (C=O) groups excluding carboxylic acids is 2. The Labute approximate surface area is 270 Å². The van der Waals surface area contributed by atoms with Crippen molar-refractivity contribution in [2.45, 2.75) is 40.2 Å². The minimum absolute atomic E-state index is 0.111. The number of hydrogen-bond donors (Lipinski definition) is 1. The van der Waals surface area contributed by atoms with Gasteiger partial charge >= 0.3 is 17.9 Å². The smallest absolute Gasteiger partial charge is 0.465 e. The van der Waals surface area contributed by atoms with E-state index in [1.807, 2.05) is 55.5 Å². The molecule has 0 bridgehead atoms. The van der Waals surface area contributed by atoms with Crippen LogP contribution in [0.1, 0.15) is 41.2 Å². The van der Waals surface area contributed by atoms with Gasteiger partial charge in [0.1, 0.15) is 0 Å². The summed E-state index contributed by atoms with van der Waals surface area (Å²) in [6, 6.07) is 20.5. The predicted octanol–water partition coefficient (Wildman–Crippen LogP) is 4.28. The van der Waals surface area contributed by atoms with E-state index >= 15 is 0 Å². The Morgan fingerprint density at radius 1 is 1.02 bits per heavy atom. The fourth-order valence-electron chi connectivity index (χ4n) is 4.96. The lowest BCUT2D eigenvalue weighted by molar-refractivity contribution is -0.806. The molecule has 6 aromatic rings. The number of ether oxygens (including phenoxy) is 4. The first-order valence-corrected chi connectivity index (χ1v) is 14.7. The van der Waals surface area contributed by atoms with Gasteiger partial charge in [0.15, 0.2) is 18.1 Å². The Bertz CT molecular complexity index is 2150. The normalized spacial score (nSPS) is 11.7. The number of esters is 1. The molecule has 3 aromatic carbocycles. The molecule has 0 spiro atoms. The van der Waals surface area contributed by atoms with Crippen molar-refractivity contribution >= 4 is 23.2 Å². The van der Waals surface area contributed by atoms with Crippen LogP contribution in [0.5, 0.6) is 6.01 Å². The lowest BCUT2D eigenvalue weighted by Gasteiger charge is -2.15. The van der Waals surface area contributed by atoms with Gasteiger partial charge in [0, 0.05) is 24.6 Å². The van der Waals surface area contributed by atoms with Crippen molar-refractivity contribution in [3.8, 4) is 28.5 Å². The standard InChI is InChI=1S/C32H28N6O10/c1-4-43-30-33-25-11-7-10-24(29(39)45-19(3)46-32(41)44-17-26-18(2)38(42)48-35-26)27(25)37(30)16-20-12-14-21(15-13-20)22-8-5-6-9-23(22)28-34-31(40)47-36-28/h5-15,19H,4,16-17H2,1-3H3,(H,34,36,40). The van der Waals surface area contributed by atoms with E-state index < -0.39 is 24.2 Å². The number of para-hydroxylation sites is 1. The largest absolute Gasteiger partial charge is 0.511 e. The Hall–Kier alpha value is -6.45. The third kappa shape index (κ3) is 6.57. The zero-order chi connectivity index (χ0) is 33.8. The molecule has 0 aliphatic rings. The maximum absolute atomic E-state index is 13.4. The SMILES string of the molecule is CCOc1nc2cccc(C(=O)OC(C)OC(=O)OCc3no[n+]([O-])c3C)c2n1Cc1ccc(-c2ccccc2-c2noc(=O)[nH]2)cc1. The summed E-state index contributed by atoms with van der Waals surface area (Å²) in [6.45, 7) is 4.87. The zero-order valence-electron chi connectivity index (χ0n) is 25.9. The van der Waals surface area contributed by atoms with E-state index in [2.05, 4.69) is 24.9 Å². The average molecular weight is 657 g/mol. The van der Waals surface area contributed by atoms with Crippen molar-refractivity contribution < 1.29 is 42.6 Å². The van der Waals surface area contributed by atoms with Crippen LogP contribution in [0.4, 0.5) is 4.79 Å². The molecule has 1 atom stereocenters. The molecule has 0 amide bonds. The minimum atomic E-state index is -1.32. The number of benzene rings is 3. The molecule has 16 heteroatoms. The maximum atomic E-state index is 13.4. The fourth-order valence-corrected chi connectivity index (χ4v) is 4.96. The third-order valence-electron chi connectivity index (χ3n) is 7.23. The quantitative estimate of drug-likeness (QED) is 0.118. The van der Waals surface area contributed by atoms with Gasteiger partial charge in [-0.05, 0) is 40.6 Å². The maximum Gasteiger partial charge on any atom is 0.511 e. The second kappa shape index (κ2) is 13.5. The van der Waals surface area contributed by atoms with Crippen molar-refractivity contribution in [3.05, 3.63) is 105 Å². The van der Waals surface area contributed by atoms with E-state index in [1.165, 1.54) is 13.8 Å². The van der Waals surface area contributed by atoms with Crippen LogP contribution in [-0.2, 0) is 27.4 Å². The molecule has 0 aliphatic carbocycles. The van der Waals surface area contributed by atoms with Gasteiger partial charge in [-0.2, -0.15) is 4.98 Å². The highest BCUT2D eigenvalue weighted by Gasteiger charge is 2.24. The highest BCUT2D eigenvalue weighted by Crippen LogP contribution is 2.31. The van der Waals surface area contributed by atoms with Crippen molar-refractivity contribution in [2.75, 3.05) is 6.61 Å². The molecule has 0 aliphatic heterocycles. The summed E-state index contributed by atoms with van der Waals surface area (Å²) in [5.74, 6) is -1.10. The molecule has 246 valence electrons. The molecule has 3 aromatic heterocycles. The second-order valence-electron chi connectivity index (χ2n) is 10.4. The van der Waals surface area contributed by atoms with Crippen LogP contribution in [0.15, 0.2) is 80.7 Å². The van der Waals surface area contributed by atoms with Crippen molar-refractivity contribution in [2.24, 2.45) is 0 Å². The number of aromatic amines is 1. The highest BCUT2D eigenvalue weighted by atomic mass is 16.8. The lowest BCUT2D eigenvalue weighted by Crippen LogP contribution is -2.26. The van der Waals surface area contributed by atoms with Gasteiger partial charge in [0.05, 0.1) is 29.7 Å². The minimum Gasteiger partial charge on any atom is -0.465 e. The summed E-state index contributed by atoms with van der Waals surface area (Å²) in [7, 11) is 0. The van der Waals surface area contributed by atoms with Gasteiger partial charge in [-0.1, -0.05) is 59.8 Å². The molecule has 3 heterocycles. The van der Waals surface area contributed by atoms with Crippen LogP contribution >= 0.6 is 0 Å². The predicted molar refractivity (Wildman–Crippen MR) is 164 cm³/mol. The van der Waals surface area contributed by atoms with Crippen molar-refractivity contribution in [1.82, 2.24) is 24.8 Å². The van der Waals surface area contributed by atoms with Crippen LogP contribution in [0.2, 0.25) is 0 Å². The number of H-pyrrole nitrogens is 1. The number of aromatic nitrogens is 6. The van der Waals surface area contributed by atoms with Crippen LogP contribution in [0.3, 0.4) is 0 Å². The van der Waals surface area contributed by atoms with E-state index in [1.54, 1.807) is 22.8 Å². The summed E-state index contributed by atoms with van der Waals surface area (Å²) >= 11 is 0. The van der Waals surface area contributed by atoms with Crippen LogP contribution < -0.4 is 15.4 Å². The van der Waals surface area contributed by atoms with Crippen LogP contribution in [-0.4, -0.2) is 49.9 Å². The molecule has 0 saturated heterocycles. The van der Waals surface area contributed by atoms with Crippen LogP contribution in [0, 0.1) is 12.1 Å². The number of rotatable bonds is 11. The van der Waals surface area contributed by atoms with Gasteiger partial charge in [-0.3, -0.25) is 18.7 Å². The molecule has 0 radical (unpaired) electrons. The monoisotopic (exact) mass is 656 g/mol. The van der Waals surface area contributed by atoms with E-state index in [4.69, 9.17) is 23.5 Å². The molecule has 1 N–H and O–H groups in total. The summed E-state index contributed by atoms with van der Waals surface area (Å²) in [5, 5.41) is 18.6. The zero-order valence-corrected chi connectivity index (χ0v) is 25.9. The van der Waals surface area contributed by atoms with Crippen LogP contribution in [0.25, 0.3) is 33.5 Å². The van der Waals surface area contributed by atoms with Gasteiger partial charge in [0.25, 0.3) is 11.7 Å². The Kier molecular flexibility index (Phi) is 8.87. The second-order valence-corrected chi connectivity index (χ2v) is 10.4. The van der Waals surface area contributed by atoms with Gasteiger partial charge in [-0.15, -0.1) is 0 Å². The number of imidazole rings is 1. The molecule has 16 nitrogen and oxygen atoms in total. The van der Waals surface area contributed by atoms with E-state index in [0.29, 0.717) is 35.0 Å².